The molecule has 1 N–H and O–H groups in total. The molecular weight excluding hydrogens is 236 g/mol. The summed E-state index contributed by atoms with van der Waals surface area (Å²) in [5.74, 6) is 1.67. The number of aromatic nitrogens is 3. The molecule has 3 rings (SSSR count). The van der Waals surface area contributed by atoms with Gasteiger partial charge in [-0.05, 0) is 24.0 Å². The quantitative estimate of drug-likeness (QED) is 0.914. The summed E-state index contributed by atoms with van der Waals surface area (Å²) in [6.07, 6.45) is 3.67. The second kappa shape index (κ2) is 5.03. The molecule has 0 fully saturated rings. The van der Waals surface area contributed by atoms with E-state index in [1.165, 1.54) is 11.3 Å². The predicted molar refractivity (Wildman–Crippen MR) is 76.1 cm³/mol. The van der Waals surface area contributed by atoms with Crippen molar-refractivity contribution in [2.45, 2.75) is 39.3 Å². The summed E-state index contributed by atoms with van der Waals surface area (Å²) in [5, 5.41) is 7.90. The Balaban J connectivity index is 1.69. The standard InChI is InChI=1S/C15H20N4/c1-11(2)9-19-15(16-10-17-19)8-13-7-12-5-3-4-6-14(12)18-13/h3-6,10-11,13,18H,7-9H2,1-2H3. The van der Waals surface area contributed by atoms with Crippen molar-refractivity contribution in [1.29, 1.82) is 0 Å². The van der Waals surface area contributed by atoms with Gasteiger partial charge in [0.05, 0.1) is 0 Å². The van der Waals surface area contributed by atoms with Crippen LogP contribution < -0.4 is 5.32 Å². The molecule has 100 valence electrons. The van der Waals surface area contributed by atoms with Gasteiger partial charge in [0.1, 0.15) is 12.2 Å². The lowest BCUT2D eigenvalue weighted by Gasteiger charge is -2.13. The fraction of sp³-hybridized carbons (Fsp3) is 0.467. The van der Waals surface area contributed by atoms with Gasteiger partial charge < -0.3 is 5.32 Å². The molecule has 1 aromatic carbocycles. The van der Waals surface area contributed by atoms with E-state index in [4.69, 9.17) is 0 Å². The van der Waals surface area contributed by atoms with Crippen molar-refractivity contribution < 1.29 is 0 Å². The Bertz CT molecular complexity index is 534. The lowest BCUT2D eigenvalue weighted by Crippen LogP contribution is -2.22. The summed E-state index contributed by atoms with van der Waals surface area (Å²) in [7, 11) is 0. The molecule has 1 atom stereocenters. The van der Waals surface area contributed by atoms with Crippen LogP contribution in [0.1, 0.15) is 25.2 Å². The van der Waals surface area contributed by atoms with Gasteiger partial charge in [-0.25, -0.2) is 9.67 Å². The van der Waals surface area contributed by atoms with Crippen LogP contribution in [0.3, 0.4) is 0 Å². The Morgan fingerprint density at radius 2 is 2.21 bits per heavy atom. The highest BCUT2D eigenvalue weighted by Crippen LogP contribution is 2.26. The number of rotatable bonds is 4. The number of anilines is 1. The number of nitrogens with one attached hydrogen (secondary N) is 1. The maximum absolute atomic E-state index is 4.41. The second-order valence-corrected chi connectivity index (χ2v) is 5.66. The van der Waals surface area contributed by atoms with Crippen LogP contribution in [0, 0.1) is 5.92 Å². The molecule has 0 spiro atoms. The highest BCUT2D eigenvalue weighted by molar-refractivity contribution is 5.56. The van der Waals surface area contributed by atoms with Crippen molar-refractivity contribution in [2.24, 2.45) is 5.92 Å². The zero-order valence-electron chi connectivity index (χ0n) is 11.5. The summed E-state index contributed by atoms with van der Waals surface area (Å²) in [4.78, 5) is 4.41. The van der Waals surface area contributed by atoms with Crippen LogP contribution in [0.4, 0.5) is 5.69 Å². The van der Waals surface area contributed by atoms with E-state index in [0.717, 1.165) is 25.2 Å². The van der Waals surface area contributed by atoms with Crippen LogP contribution in [0.2, 0.25) is 0 Å². The highest BCUT2D eigenvalue weighted by atomic mass is 15.3. The third kappa shape index (κ3) is 2.62. The molecule has 1 aliphatic rings. The molecule has 2 heterocycles. The summed E-state index contributed by atoms with van der Waals surface area (Å²) in [6, 6.07) is 8.96. The molecule has 19 heavy (non-hydrogen) atoms. The van der Waals surface area contributed by atoms with E-state index in [0.29, 0.717) is 12.0 Å². The lowest BCUT2D eigenvalue weighted by atomic mass is 10.1. The molecular formula is C15H20N4. The Kier molecular flexibility index (Phi) is 3.23. The summed E-state index contributed by atoms with van der Waals surface area (Å²) >= 11 is 0. The highest BCUT2D eigenvalue weighted by Gasteiger charge is 2.22. The maximum atomic E-state index is 4.41. The number of hydrogen-bond donors (Lipinski definition) is 1. The normalized spacial score (nSPS) is 17.5. The van der Waals surface area contributed by atoms with Gasteiger partial charge in [0.2, 0.25) is 0 Å². The molecule has 4 heteroatoms. The van der Waals surface area contributed by atoms with Crippen LogP contribution in [-0.4, -0.2) is 20.8 Å². The maximum Gasteiger partial charge on any atom is 0.138 e. The third-order valence-corrected chi connectivity index (χ3v) is 3.51. The number of para-hydroxylation sites is 1. The van der Waals surface area contributed by atoms with E-state index < -0.39 is 0 Å². The Hall–Kier alpha value is -1.84. The summed E-state index contributed by atoms with van der Waals surface area (Å²) in [5.41, 5.74) is 2.67. The number of fused-ring (bicyclic) bond motifs is 1. The van der Waals surface area contributed by atoms with Crippen LogP contribution in [0.5, 0.6) is 0 Å². The molecule has 0 saturated carbocycles. The van der Waals surface area contributed by atoms with E-state index in [1.807, 2.05) is 4.68 Å². The Morgan fingerprint density at radius 3 is 3.00 bits per heavy atom. The van der Waals surface area contributed by atoms with Crippen molar-refractivity contribution in [1.82, 2.24) is 14.8 Å². The minimum atomic E-state index is 0.438. The first kappa shape index (κ1) is 12.2. The first-order valence-corrected chi connectivity index (χ1v) is 6.93. The van der Waals surface area contributed by atoms with Gasteiger partial charge in [-0.15, -0.1) is 0 Å². The Morgan fingerprint density at radius 1 is 1.37 bits per heavy atom. The van der Waals surface area contributed by atoms with E-state index in [1.54, 1.807) is 6.33 Å². The van der Waals surface area contributed by atoms with Crippen molar-refractivity contribution in [3.63, 3.8) is 0 Å². The van der Waals surface area contributed by atoms with Crippen LogP contribution in [0.15, 0.2) is 30.6 Å². The van der Waals surface area contributed by atoms with Crippen LogP contribution in [0.25, 0.3) is 0 Å². The van der Waals surface area contributed by atoms with Gasteiger partial charge in [-0.3, -0.25) is 0 Å². The summed E-state index contributed by atoms with van der Waals surface area (Å²) in [6.45, 7) is 5.35. The molecule has 0 aliphatic carbocycles. The van der Waals surface area contributed by atoms with Crippen LogP contribution >= 0.6 is 0 Å². The largest absolute Gasteiger partial charge is 0.381 e. The van der Waals surface area contributed by atoms with Crippen molar-refractivity contribution in [3.8, 4) is 0 Å². The SMILES string of the molecule is CC(C)Cn1ncnc1CC1Cc2ccccc2N1. The molecule has 0 saturated heterocycles. The zero-order chi connectivity index (χ0) is 13.2. The van der Waals surface area contributed by atoms with Crippen LogP contribution in [-0.2, 0) is 19.4 Å². The van der Waals surface area contributed by atoms with Crippen molar-refractivity contribution in [2.75, 3.05) is 5.32 Å². The first-order chi connectivity index (χ1) is 9.22. The first-order valence-electron chi connectivity index (χ1n) is 6.93. The van der Waals surface area contributed by atoms with Gasteiger partial charge in [0.25, 0.3) is 0 Å². The van der Waals surface area contributed by atoms with E-state index in [-0.39, 0.29) is 0 Å². The number of hydrogen-bond acceptors (Lipinski definition) is 3. The monoisotopic (exact) mass is 256 g/mol. The molecule has 4 nitrogen and oxygen atoms in total. The molecule has 0 amide bonds. The topological polar surface area (TPSA) is 42.7 Å². The van der Waals surface area contributed by atoms with Crippen molar-refractivity contribution >= 4 is 5.69 Å². The van der Waals surface area contributed by atoms with E-state index in [9.17, 15) is 0 Å². The minimum Gasteiger partial charge on any atom is -0.381 e. The fourth-order valence-electron chi connectivity index (χ4n) is 2.66. The van der Waals surface area contributed by atoms with Gasteiger partial charge in [-0.1, -0.05) is 32.0 Å². The predicted octanol–water partition coefficient (Wildman–Crippen LogP) is 2.51. The lowest BCUT2D eigenvalue weighted by molar-refractivity contribution is 0.461. The van der Waals surface area contributed by atoms with Gasteiger partial charge in [0, 0.05) is 24.7 Å². The number of benzene rings is 1. The van der Waals surface area contributed by atoms with Gasteiger partial charge in [0.15, 0.2) is 0 Å². The minimum absolute atomic E-state index is 0.438. The number of nitrogens with zero attached hydrogens (tertiary/aromatic N) is 3. The van der Waals surface area contributed by atoms with Gasteiger partial charge >= 0.3 is 0 Å². The Labute approximate surface area is 113 Å². The van der Waals surface area contributed by atoms with Crippen molar-refractivity contribution in [3.05, 3.63) is 42.0 Å². The summed E-state index contributed by atoms with van der Waals surface area (Å²) < 4.78 is 2.04. The zero-order valence-corrected chi connectivity index (χ0v) is 11.5. The average Bonchev–Trinajstić information content (AvgIpc) is 2.95. The fourth-order valence-corrected chi connectivity index (χ4v) is 2.66. The molecule has 1 aliphatic heterocycles. The van der Waals surface area contributed by atoms with E-state index in [2.05, 4.69) is 53.5 Å². The molecule has 0 radical (unpaired) electrons. The smallest absolute Gasteiger partial charge is 0.138 e. The molecule has 0 bridgehead atoms. The molecule has 2 aromatic rings. The van der Waals surface area contributed by atoms with Gasteiger partial charge in [-0.2, -0.15) is 5.10 Å². The molecule has 1 unspecified atom stereocenters. The molecule has 1 aromatic heterocycles. The third-order valence-electron chi connectivity index (χ3n) is 3.51. The van der Waals surface area contributed by atoms with E-state index >= 15 is 0 Å². The second-order valence-electron chi connectivity index (χ2n) is 5.66. The average molecular weight is 256 g/mol.